The number of rotatable bonds is 4. The Balaban J connectivity index is 0.000000216. The number of carboxylic acid groups (broad SMARTS) is 1. The normalized spacial score (nSPS) is 16.7. The molecule has 1 fully saturated rings. The van der Waals surface area contributed by atoms with Gasteiger partial charge in [0.1, 0.15) is 16.7 Å². The number of ether oxygens (including phenoxy) is 1. The van der Waals surface area contributed by atoms with Crippen LogP contribution in [-0.2, 0) is 11.3 Å². The molecule has 154 valence electrons. The van der Waals surface area contributed by atoms with E-state index in [-0.39, 0.29) is 17.3 Å². The summed E-state index contributed by atoms with van der Waals surface area (Å²) in [4.78, 5) is 47.6. The minimum atomic E-state index is -0.925. The third-order valence-corrected chi connectivity index (χ3v) is 5.42. The summed E-state index contributed by atoms with van der Waals surface area (Å²) in [5.74, 6) is 1.48. The number of aromatic carboxylic acids is 1. The summed E-state index contributed by atoms with van der Waals surface area (Å²) < 4.78 is 5.10. The third-order valence-electron chi connectivity index (χ3n) is 4.42. The van der Waals surface area contributed by atoms with E-state index in [9.17, 15) is 19.2 Å². The van der Waals surface area contributed by atoms with Crippen LogP contribution in [0.25, 0.3) is 0 Å². The highest BCUT2D eigenvalue weighted by molar-refractivity contribution is 7.14. The van der Waals surface area contributed by atoms with Crippen LogP contribution < -0.4 is 15.4 Å². The Morgan fingerprint density at radius 2 is 2.10 bits per heavy atom. The summed E-state index contributed by atoms with van der Waals surface area (Å²) >= 11 is 1.11. The molecule has 1 aromatic heterocycles. The number of imide groups is 1. The summed E-state index contributed by atoms with van der Waals surface area (Å²) in [5.41, 5.74) is 1.47. The lowest BCUT2D eigenvalue weighted by Gasteiger charge is -2.18. The Kier molecular flexibility index (Phi) is 6.03. The zero-order valence-corrected chi connectivity index (χ0v) is 16.6. The van der Waals surface area contributed by atoms with Crippen LogP contribution in [0.4, 0.5) is 4.79 Å². The van der Waals surface area contributed by atoms with Crippen molar-refractivity contribution in [1.82, 2.24) is 15.5 Å². The number of carboxylic acids is 1. The van der Waals surface area contributed by atoms with E-state index in [0.29, 0.717) is 22.7 Å². The standard InChI is InChI=1S/C13H13N3O4.C7H4O2S/c1-20-8-3-2-7-5-16(12(18)9(7)4-8)6-10-11(17)15-13(19)14-10;1-2-5-3-4-6(10-5)7(8)9/h2-4,10H,5-6H2,1H3,(H2,14,15,17,19);1,3-4H,(H,8,9). The van der Waals surface area contributed by atoms with E-state index in [1.807, 2.05) is 6.07 Å². The molecule has 10 heteroatoms. The van der Waals surface area contributed by atoms with Crippen LogP contribution in [-0.4, -0.2) is 53.5 Å². The number of hydrogen-bond acceptors (Lipinski definition) is 6. The average molecular weight is 427 g/mol. The van der Waals surface area contributed by atoms with Crippen molar-refractivity contribution in [2.45, 2.75) is 12.6 Å². The largest absolute Gasteiger partial charge is 0.497 e. The molecule has 1 aromatic carbocycles. The number of nitrogens with one attached hydrogen (secondary N) is 2. The number of urea groups is 1. The van der Waals surface area contributed by atoms with Gasteiger partial charge < -0.3 is 20.1 Å². The molecule has 1 saturated heterocycles. The molecule has 9 nitrogen and oxygen atoms in total. The number of nitrogens with zero attached hydrogens (tertiary/aromatic N) is 1. The molecular weight excluding hydrogens is 410 g/mol. The molecule has 0 radical (unpaired) electrons. The van der Waals surface area contributed by atoms with E-state index >= 15 is 0 Å². The summed E-state index contributed by atoms with van der Waals surface area (Å²) in [6, 6.07) is 7.22. The SMILES string of the molecule is C#Cc1ccc(C(=O)O)s1.COc1ccc2c(c1)C(=O)N(CC1NC(=O)NC1=O)C2. The van der Waals surface area contributed by atoms with Gasteiger partial charge in [-0.25, -0.2) is 9.59 Å². The van der Waals surface area contributed by atoms with Crippen LogP contribution >= 0.6 is 11.3 Å². The van der Waals surface area contributed by atoms with Crippen molar-refractivity contribution in [3.05, 3.63) is 51.2 Å². The molecule has 1 unspecified atom stereocenters. The lowest BCUT2D eigenvalue weighted by molar-refractivity contribution is -0.120. The van der Waals surface area contributed by atoms with Gasteiger partial charge >= 0.3 is 12.0 Å². The van der Waals surface area contributed by atoms with Crippen LogP contribution in [0.3, 0.4) is 0 Å². The average Bonchev–Trinajstić information content (AvgIpc) is 3.41. The molecule has 4 amide bonds. The van der Waals surface area contributed by atoms with Gasteiger partial charge in [-0.3, -0.25) is 14.9 Å². The third kappa shape index (κ3) is 4.42. The maximum absolute atomic E-state index is 12.3. The van der Waals surface area contributed by atoms with Crippen LogP contribution in [0.5, 0.6) is 5.75 Å². The maximum Gasteiger partial charge on any atom is 0.345 e. The molecule has 2 aliphatic heterocycles. The summed E-state index contributed by atoms with van der Waals surface area (Å²) in [6.07, 6.45) is 5.03. The number of carbonyl (C=O) groups is 4. The number of methoxy groups -OCH3 is 1. The number of hydrogen-bond donors (Lipinski definition) is 3. The molecule has 0 spiro atoms. The predicted octanol–water partition coefficient (Wildman–Crippen LogP) is 1.29. The number of carbonyl (C=O) groups excluding carboxylic acids is 3. The highest BCUT2D eigenvalue weighted by atomic mass is 32.1. The first-order chi connectivity index (χ1) is 14.3. The molecule has 30 heavy (non-hydrogen) atoms. The lowest BCUT2D eigenvalue weighted by atomic mass is 10.1. The van der Waals surface area contributed by atoms with Crippen molar-refractivity contribution in [3.8, 4) is 18.1 Å². The van der Waals surface area contributed by atoms with Gasteiger partial charge in [-0.05, 0) is 29.8 Å². The maximum atomic E-state index is 12.3. The second kappa shape index (κ2) is 8.67. The quantitative estimate of drug-likeness (QED) is 0.499. The summed E-state index contributed by atoms with van der Waals surface area (Å²) in [7, 11) is 1.54. The van der Waals surface area contributed by atoms with Crippen LogP contribution in [0.1, 0.15) is 30.5 Å². The minimum absolute atomic E-state index is 0.159. The van der Waals surface area contributed by atoms with Gasteiger partial charge in [0, 0.05) is 12.1 Å². The van der Waals surface area contributed by atoms with Crippen molar-refractivity contribution in [2.75, 3.05) is 13.7 Å². The number of terminal acetylenes is 1. The van der Waals surface area contributed by atoms with Crippen LogP contribution in [0.2, 0.25) is 0 Å². The Bertz CT molecular complexity index is 1070. The van der Waals surface area contributed by atoms with Crippen molar-refractivity contribution >= 4 is 35.2 Å². The second-order valence-corrected chi connectivity index (χ2v) is 7.42. The molecule has 0 saturated carbocycles. The van der Waals surface area contributed by atoms with E-state index in [1.165, 1.54) is 13.2 Å². The molecule has 1 atom stereocenters. The fourth-order valence-corrected chi connectivity index (χ4v) is 3.61. The summed E-state index contributed by atoms with van der Waals surface area (Å²) in [5, 5.41) is 13.1. The van der Waals surface area contributed by atoms with E-state index in [0.717, 1.165) is 16.9 Å². The molecule has 0 aliphatic carbocycles. The Morgan fingerprint density at radius 1 is 1.33 bits per heavy atom. The van der Waals surface area contributed by atoms with E-state index in [2.05, 4.69) is 16.6 Å². The molecule has 4 rings (SSSR count). The van der Waals surface area contributed by atoms with E-state index in [4.69, 9.17) is 16.3 Å². The van der Waals surface area contributed by atoms with Crippen LogP contribution in [0.15, 0.2) is 30.3 Å². The fourth-order valence-electron chi connectivity index (χ4n) is 2.95. The molecule has 3 N–H and O–H groups in total. The number of thiophene rings is 1. The van der Waals surface area contributed by atoms with E-state index in [1.54, 1.807) is 23.1 Å². The summed E-state index contributed by atoms with van der Waals surface area (Å²) in [6.45, 7) is 0.589. The number of fused-ring (bicyclic) bond motifs is 1. The van der Waals surface area contributed by atoms with Crippen molar-refractivity contribution in [2.24, 2.45) is 0 Å². The second-order valence-electron chi connectivity index (χ2n) is 6.34. The molecule has 0 bridgehead atoms. The molecule has 3 heterocycles. The van der Waals surface area contributed by atoms with E-state index < -0.39 is 23.9 Å². The number of benzene rings is 1. The highest BCUT2D eigenvalue weighted by Gasteiger charge is 2.35. The van der Waals surface area contributed by atoms with Gasteiger partial charge in [0.25, 0.3) is 11.8 Å². The van der Waals surface area contributed by atoms with Gasteiger partial charge in [-0.1, -0.05) is 12.0 Å². The van der Waals surface area contributed by atoms with Gasteiger partial charge in [0.15, 0.2) is 0 Å². The number of amides is 4. The van der Waals surface area contributed by atoms with Gasteiger partial charge in [-0.15, -0.1) is 17.8 Å². The topological polar surface area (TPSA) is 125 Å². The predicted molar refractivity (Wildman–Crippen MR) is 107 cm³/mol. The fraction of sp³-hybridized carbons (Fsp3) is 0.200. The first-order valence-electron chi connectivity index (χ1n) is 8.69. The molecule has 2 aliphatic rings. The van der Waals surface area contributed by atoms with Crippen molar-refractivity contribution in [3.63, 3.8) is 0 Å². The Morgan fingerprint density at radius 3 is 2.63 bits per heavy atom. The first kappa shape index (κ1) is 20.9. The lowest BCUT2D eigenvalue weighted by Crippen LogP contribution is -2.42. The van der Waals surface area contributed by atoms with Gasteiger partial charge in [0.2, 0.25) is 0 Å². The smallest absolute Gasteiger partial charge is 0.345 e. The highest BCUT2D eigenvalue weighted by Crippen LogP contribution is 2.26. The van der Waals surface area contributed by atoms with Crippen LogP contribution in [0, 0.1) is 12.3 Å². The monoisotopic (exact) mass is 427 g/mol. The zero-order valence-electron chi connectivity index (χ0n) is 15.8. The first-order valence-corrected chi connectivity index (χ1v) is 9.51. The Hall–Kier alpha value is -3.84. The van der Waals surface area contributed by atoms with Gasteiger partial charge in [0.05, 0.1) is 18.5 Å². The molecule has 2 aromatic rings. The molecular formula is C20H17N3O6S. The van der Waals surface area contributed by atoms with Gasteiger partial charge in [-0.2, -0.15) is 0 Å². The zero-order chi connectivity index (χ0) is 21.8. The minimum Gasteiger partial charge on any atom is -0.497 e. The van der Waals surface area contributed by atoms with Crippen molar-refractivity contribution in [1.29, 1.82) is 0 Å². The Labute approximate surface area is 175 Å². The van der Waals surface area contributed by atoms with Crippen molar-refractivity contribution < 1.29 is 29.0 Å².